The van der Waals surface area contributed by atoms with E-state index < -0.39 is 12.2 Å². The van der Waals surface area contributed by atoms with Crippen LogP contribution in [-0.2, 0) is 11.2 Å². The third-order valence-electron chi connectivity index (χ3n) is 5.36. The molecule has 0 bridgehead atoms. The molecule has 1 aromatic carbocycles. The second-order valence-corrected chi connectivity index (χ2v) is 7.23. The highest BCUT2D eigenvalue weighted by Crippen LogP contribution is 2.24. The Balaban J connectivity index is 1.45. The Morgan fingerprint density at radius 2 is 1.83 bits per heavy atom. The van der Waals surface area contributed by atoms with E-state index in [9.17, 15) is 15.0 Å². The molecule has 132 valence electrons. The van der Waals surface area contributed by atoms with Gasteiger partial charge in [-0.2, -0.15) is 0 Å². The summed E-state index contributed by atoms with van der Waals surface area (Å²) >= 11 is 0. The number of nitrogens with one attached hydrogen (secondary N) is 2. The van der Waals surface area contributed by atoms with Gasteiger partial charge in [0.05, 0.1) is 18.2 Å². The molecule has 5 atom stereocenters. The lowest BCUT2D eigenvalue weighted by Gasteiger charge is -2.30. The van der Waals surface area contributed by atoms with Crippen LogP contribution in [0.4, 0.5) is 0 Å². The molecule has 0 spiro atoms. The summed E-state index contributed by atoms with van der Waals surface area (Å²) in [5.74, 6) is 0.563. The summed E-state index contributed by atoms with van der Waals surface area (Å²) in [6.07, 6.45) is 3.58. The standard InChI is InChI=1S/C19H28N2O3/c22-17-11-15(12-18(17)23)21-19(24)16-10-14(8-9-20-16)7-6-13-4-2-1-3-5-13/h1-5,14-18,20,22-23H,6-12H2,(H,21,24)/t14?,15?,16?,17-,18+. The summed E-state index contributed by atoms with van der Waals surface area (Å²) in [4.78, 5) is 12.5. The minimum atomic E-state index is -0.715. The highest BCUT2D eigenvalue weighted by molar-refractivity contribution is 5.82. The molecule has 3 unspecified atom stereocenters. The summed E-state index contributed by atoms with van der Waals surface area (Å²) < 4.78 is 0. The molecule has 2 aliphatic rings. The molecule has 1 saturated heterocycles. The van der Waals surface area contributed by atoms with Crippen LogP contribution in [0, 0.1) is 5.92 Å². The number of aliphatic hydroxyl groups excluding tert-OH is 2. The van der Waals surface area contributed by atoms with E-state index in [1.807, 2.05) is 6.07 Å². The maximum absolute atomic E-state index is 12.5. The molecule has 5 nitrogen and oxygen atoms in total. The summed E-state index contributed by atoms with van der Waals surface area (Å²) in [5.41, 5.74) is 1.35. The molecule has 1 saturated carbocycles. The lowest BCUT2D eigenvalue weighted by molar-refractivity contribution is -0.124. The van der Waals surface area contributed by atoms with Crippen molar-refractivity contribution in [3.8, 4) is 0 Å². The van der Waals surface area contributed by atoms with E-state index in [4.69, 9.17) is 0 Å². The fourth-order valence-electron chi connectivity index (χ4n) is 3.89. The van der Waals surface area contributed by atoms with Crippen molar-refractivity contribution in [1.29, 1.82) is 0 Å². The van der Waals surface area contributed by atoms with Gasteiger partial charge in [0.25, 0.3) is 0 Å². The van der Waals surface area contributed by atoms with Gasteiger partial charge >= 0.3 is 0 Å². The summed E-state index contributed by atoms with van der Waals surface area (Å²) in [6.45, 7) is 0.869. The summed E-state index contributed by atoms with van der Waals surface area (Å²) in [7, 11) is 0. The largest absolute Gasteiger partial charge is 0.390 e. The minimum Gasteiger partial charge on any atom is -0.390 e. The quantitative estimate of drug-likeness (QED) is 0.648. The van der Waals surface area contributed by atoms with Crippen molar-refractivity contribution in [3.63, 3.8) is 0 Å². The Morgan fingerprint density at radius 3 is 2.54 bits per heavy atom. The first-order valence-electron chi connectivity index (χ1n) is 9.05. The van der Waals surface area contributed by atoms with Gasteiger partial charge in [-0.3, -0.25) is 4.79 Å². The van der Waals surface area contributed by atoms with E-state index >= 15 is 0 Å². The van der Waals surface area contributed by atoms with Gasteiger partial charge in [-0.1, -0.05) is 30.3 Å². The van der Waals surface area contributed by atoms with Crippen LogP contribution in [0.25, 0.3) is 0 Å². The highest BCUT2D eigenvalue weighted by atomic mass is 16.3. The van der Waals surface area contributed by atoms with Gasteiger partial charge in [0.2, 0.25) is 5.91 Å². The first-order valence-corrected chi connectivity index (χ1v) is 9.05. The van der Waals surface area contributed by atoms with Crippen LogP contribution in [-0.4, -0.2) is 47.0 Å². The Morgan fingerprint density at radius 1 is 1.12 bits per heavy atom. The highest BCUT2D eigenvalue weighted by Gasteiger charge is 2.34. The second kappa shape index (κ2) is 8.10. The third kappa shape index (κ3) is 4.56. The number of hydrogen-bond donors (Lipinski definition) is 4. The molecule has 3 rings (SSSR count). The third-order valence-corrected chi connectivity index (χ3v) is 5.36. The van der Waals surface area contributed by atoms with Crippen LogP contribution >= 0.6 is 0 Å². The maximum atomic E-state index is 12.5. The van der Waals surface area contributed by atoms with Crippen LogP contribution in [0.2, 0.25) is 0 Å². The van der Waals surface area contributed by atoms with Gasteiger partial charge in [-0.25, -0.2) is 0 Å². The first kappa shape index (κ1) is 17.4. The topological polar surface area (TPSA) is 81.6 Å². The predicted molar refractivity (Wildman–Crippen MR) is 92.5 cm³/mol. The van der Waals surface area contributed by atoms with Crippen LogP contribution < -0.4 is 10.6 Å². The van der Waals surface area contributed by atoms with Gasteiger partial charge in [0, 0.05) is 6.04 Å². The van der Waals surface area contributed by atoms with Crippen molar-refractivity contribution in [2.45, 2.75) is 62.8 Å². The van der Waals surface area contributed by atoms with Crippen molar-refractivity contribution >= 4 is 5.91 Å². The first-order chi connectivity index (χ1) is 11.6. The van der Waals surface area contributed by atoms with E-state index in [1.165, 1.54) is 5.56 Å². The molecule has 1 aliphatic heterocycles. The Bertz CT molecular complexity index is 527. The minimum absolute atomic E-state index is 0.00529. The smallest absolute Gasteiger partial charge is 0.237 e. The fourth-order valence-corrected chi connectivity index (χ4v) is 3.89. The van der Waals surface area contributed by atoms with Crippen LogP contribution in [0.1, 0.15) is 37.7 Å². The summed E-state index contributed by atoms with van der Waals surface area (Å²) in [6, 6.07) is 10.2. The molecule has 1 heterocycles. The molecular weight excluding hydrogens is 304 g/mol. The monoisotopic (exact) mass is 332 g/mol. The average Bonchev–Trinajstić information content (AvgIpc) is 2.91. The zero-order valence-corrected chi connectivity index (χ0v) is 14.0. The average molecular weight is 332 g/mol. The molecule has 1 amide bonds. The van der Waals surface area contributed by atoms with Gasteiger partial charge in [-0.05, 0) is 56.6 Å². The summed E-state index contributed by atoms with van der Waals surface area (Å²) in [5, 5.41) is 25.5. The van der Waals surface area contributed by atoms with Crippen molar-refractivity contribution in [2.75, 3.05) is 6.54 Å². The van der Waals surface area contributed by atoms with E-state index in [1.54, 1.807) is 0 Å². The molecule has 1 aromatic rings. The van der Waals surface area contributed by atoms with E-state index in [2.05, 4.69) is 34.9 Å². The normalized spacial score (nSPS) is 33.3. The fraction of sp³-hybridized carbons (Fsp3) is 0.632. The predicted octanol–water partition coefficient (Wildman–Crippen LogP) is 0.988. The van der Waals surface area contributed by atoms with Gasteiger partial charge < -0.3 is 20.8 Å². The van der Waals surface area contributed by atoms with Crippen LogP contribution in [0.3, 0.4) is 0 Å². The van der Waals surface area contributed by atoms with Crippen LogP contribution in [0.15, 0.2) is 30.3 Å². The molecule has 0 radical (unpaired) electrons. The lowest BCUT2D eigenvalue weighted by atomic mass is 9.87. The maximum Gasteiger partial charge on any atom is 0.237 e. The molecule has 5 heteroatoms. The molecular formula is C19H28N2O3. The van der Waals surface area contributed by atoms with Crippen molar-refractivity contribution < 1.29 is 15.0 Å². The number of aryl methyl sites for hydroxylation is 1. The molecule has 4 N–H and O–H groups in total. The SMILES string of the molecule is O=C(NC1C[C@@H](O)[C@@H](O)C1)C1CC(CCc2ccccc2)CCN1. The molecule has 0 aromatic heterocycles. The van der Waals surface area contributed by atoms with Gasteiger partial charge in [-0.15, -0.1) is 0 Å². The van der Waals surface area contributed by atoms with Crippen LogP contribution in [0.5, 0.6) is 0 Å². The number of piperidine rings is 1. The van der Waals surface area contributed by atoms with E-state index in [0.717, 1.165) is 32.2 Å². The van der Waals surface area contributed by atoms with E-state index in [-0.39, 0.29) is 18.0 Å². The van der Waals surface area contributed by atoms with Gasteiger partial charge in [0.1, 0.15) is 0 Å². The number of carbonyl (C=O) groups is 1. The molecule has 2 fully saturated rings. The number of carbonyl (C=O) groups excluding carboxylic acids is 1. The van der Waals surface area contributed by atoms with Gasteiger partial charge in [0.15, 0.2) is 0 Å². The zero-order valence-electron chi connectivity index (χ0n) is 14.0. The van der Waals surface area contributed by atoms with E-state index in [0.29, 0.717) is 18.8 Å². The molecule has 1 aliphatic carbocycles. The number of hydrogen-bond acceptors (Lipinski definition) is 4. The zero-order chi connectivity index (χ0) is 16.9. The number of aliphatic hydroxyl groups is 2. The van der Waals surface area contributed by atoms with Crippen molar-refractivity contribution in [2.24, 2.45) is 5.92 Å². The Labute approximate surface area is 143 Å². The number of benzene rings is 1. The molecule has 24 heavy (non-hydrogen) atoms. The number of amides is 1. The Kier molecular flexibility index (Phi) is 5.87. The second-order valence-electron chi connectivity index (χ2n) is 7.23. The van der Waals surface area contributed by atoms with Crippen molar-refractivity contribution in [1.82, 2.24) is 10.6 Å². The Hall–Kier alpha value is -1.43. The number of rotatable bonds is 5. The van der Waals surface area contributed by atoms with Crippen molar-refractivity contribution in [3.05, 3.63) is 35.9 Å². The lowest BCUT2D eigenvalue weighted by Crippen LogP contribution is -2.51.